The lowest BCUT2D eigenvalue weighted by Gasteiger charge is -2.15. The first kappa shape index (κ1) is 16.9. The van der Waals surface area contributed by atoms with Crippen molar-refractivity contribution < 1.29 is 9.47 Å². The lowest BCUT2D eigenvalue weighted by molar-refractivity contribution is 0.301. The van der Waals surface area contributed by atoms with Crippen LogP contribution in [0.15, 0.2) is 48.5 Å². The third kappa shape index (κ3) is 4.50. The van der Waals surface area contributed by atoms with Crippen LogP contribution in [0.4, 0.5) is 0 Å². The first-order valence-electron chi connectivity index (χ1n) is 7.91. The number of benzene rings is 2. The number of methoxy groups -OCH3 is 1. The maximum Gasteiger partial charge on any atom is 0.122 e. The van der Waals surface area contributed by atoms with E-state index in [2.05, 4.69) is 26.0 Å². The summed E-state index contributed by atoms with van der Waals surface area (Å²) in [6, 6.07) is 18.1. The van der Waals surface area contributed by atoms with Crippen LogP contribution < -0.4 is 9.47 Å². The Morgan fingerprint density at radius 3 is 2.57 bits per heavy atom. The lowest BCUT2D eigenvalue weighted by atomic mass is 9.97. The van der Waals surface area contributed by atoms with Gasteiger partial charge in [0.15, 0.2) is 0 Å². The second kappa shape index (κ2) is 8.24. The molecule has 1 atom stereocenters. The lowest BCUT2D eigenvalue weighted by Crippen LogP contribution is -2.06. The molecule has 0 radical (unpaired) electrons. The number of hydrogen-bond acceptors (Lipinski definition) is 3. The van der Waals surface area contributed by atoms with E-state index in [1.807, 2.05) is 42.5 Å². The van der Waals surface area contributed by atoms with E-state index >= 15 is 0 Å². The standard InChI is InChI=1S/C20H23NO2/c1-15(2)19-9-4-5-10-20(19)23-12-11-17(14-21)16-7-6-8-18(13-16)22-3/h4-10,13,15,17H,11-12H2,1-3H3. The predicted molar refractivity (Wildman–Crippen MR) is 92.0 cm³/mol. The van der Waals surface area contributed by atoms with Crippen LogP contribution in [-0.4, -0.2) is 13.7 Å². The fourth-order valence-corrected chi connectivity index (χ4v) is 2.54. The summed E-state index contributed by atoms with van der Waals surface area (Å²) in [5.74, 6) is 1.89. The van der Waals surface area contributed by atoms with E-state index in [1.54, 1.807) is 7.11 Å². The smallest absolute Gasteiger partial charge is 0.122 e. The first-order chi connectivity index (χ1) is 11.2. The average Bonchev–Trinajstić information content (AvgIpc) is 2.59. The topological polar surface area (TPSA) is 42.2 Å². The van der Waals surface area contributed by atoms with Gasteiger partial charge in [0.1, 0.15) is 11.5 Å². The van der Waals surface area contributed by atoms with E-state index in [0.717, 1.165) is 17.1 Å². The number of para-hydroxylation sites is 1. The van der Waals surface area contributed by atoms with Crippen molar-refractivity contribution in [2.45, 2.75) is 32.1 Å². The van der Waals surface area contributed by atoms with Gasteiger partial charge in [0.25, 0.3) is 0 Å². The van der Waals surface area contributed by atoms with Gasteiger partial charge < -0.3 is 9.47 Å². The summed E-state index contributed by atoms with van der Waals surface area (Å²) < 4.78 is 11.2. The van der Waals surface area contributed by atoms with Gasteiger partial charge in [0, 0.05) is 6.42 Å². The number of nitriles is 1. The normalized spacial score (nSPS) is 11.8. The zero-order valence-electron chi connectivity index (χ0n) is 14.0. The van der Waals surface area contributed by atoms with Crippen molar-refractivity contribution in [2.24, 2.45) is 0 Å². The Morgan fingerprint density at radius 2 is 1.87 bits per heavy atom. The summed E-state index contributed by atoms with van der Waals surface area (Å²) in [6.07, 6.45) is 0.649. The molecule has 120 valence electrons. The third-order valence-electron chi connectivity index (χ3n) is 3.86. The molecule has 3 heteroatoms. The van der Waals surface area contributed by atoms with Gasteiger partial charge in [-0.25, -0.2) is 0 Å². The molecule has 0 aliphatic heterocycles. The molecule has 1 unspecified atom stereocenters. The fourth-order valence-electron chi connectivity index (χ4n) is 2.54. The summed E-state index contributed by atoms with van der Waals surface area (Å²) in [5.41, 5.74) is 2.16. The number of ether oxygens (including phenoxy) is 2. The molecule has 0 fully saturated rings. The Balaban J connectivity index is 2.00. The van der Waals surface area contributed by atoms with Gasteiger partial charge in [-0.05, 0) is 35.2 Å². The third-order valence-corrected chi connectivity index (χ3v) is 3.86. The zero-order chi connectivity index (χ0) is 16.7. The molecule has 2 rings (SSSR count). The van der Waals surface area contributed by atoms with Crippen molar-refractivity contribution in [1.82, 2.24) is 0 Å². The minimum atomic E-state index is -0.198. The molecule has 3 nitrogen and oxygen atoms in total. The number of rotatable bonds is 7. The van der Waals surface area contributed by atoms with Crippen LogP contribution in [0.2, 0.25) is 0 Å². The van der Waals surface area contributed by atoms with Gasteiger partial charge in [0.05, 0.1) is 25.7 Å². The summed E-state index contributed by atoms with van der Waals surface area (Å²) in [6.45, 7) is 4.81. The van der Waals surface area contributed by atoms with Crippen molar-refractivity contribution in [2.75, 3.05) is 13.7 Å². The fraction of sp³-hybridized carbons (Fsp3) is 0.350. The predicted octanol–water partition coefficient (Wildman–Crippen LogP) is 4.89. The Hall–Kier alpha value is -2.47. The Morgan fingerprint density at radius 1 is 1.09 bits per heavy atom. The van der Waals surface area contributed by atoms with Crippen molar-refractivity contribution in [3.63, 3.8) is 0 Å². The summed E-state index contributed by atoms with van der Waals surface area (Å²) in [5, 5.41) is 9.44. The molecule has 0 heterocycles. The van der Waals surface area contributed by atoms with Crippen LogP contribution in [0.5, 0.6) is 11.5 Å². The Labute approximate surface area is 138 Å². The average molecular weight is 309 g/mol. The molecular weight excluding hydrogens is 286 g/mol. The quantitative estimate of drug-likeness (QED) is 0.731. The Kier molecular flexibility index (Phi) is 6.05. The highest BCUT2D eigenvalue weighted by Crippen LogP contribution is 2.27. The minimum Gasteiger partial charge on any atom is -0.497 e. The molecule has 0 saturated heterocycles. The van der Waals surface area contributed by atoms with Gasteiger partial charge in [-0.3, -0.25) is 0 Å². The molecule has 0 saturated carbocycles. The van der Waals surface area contributed by atoms with Crippen molar-refractivity contribution in [3.05, 3.63) is 59.7 Å². The molecule has 0 spiro atoms. The van der Waals surface area contributed by atoms with E-state index in [1.165, 1.54) is 5.56 Å². The molecular formula is C20H23NO2. The molecule has 0 amide bonds. The van der Waals surface area contributed by atoms with Gasteiger partial charge >= 0.3 is 0 Å². The van der Waals surface area contributed by atoms with E-state index < -0.39 is 0 Å². The molecule has 0 N–H and O–H groups in total. The van der Waals surface area contributed by atoms with Crippen LogP contribution in [0.1, 0.15) is 43.2 Å². The van der Waals surface area contributed by atoms with Gasteiger partial charge in [-0.2, -0.15) is 5.26 Å². The van der Waals surface area contributed by atoms with E-state index in [9.17, 15) is 5.26 Å². The SMILES string of the molecule is COc1cccc(C(C#N)CCOc2ccccc2C(C)C)c1. The largest absolute Gasteiger partial charge is 0.497 e. The molecule has 0 aromatic heterocycles. The maximum atomic E-state index is 9.44. The second-order valence-electron chi connectivity index (χ2n) is 5.79. The summed E-state index contributed by atoms with van der Waals surface area (Å²) in [4.78, 5) is 0. The Bertz CT molecular complexity index is 673. The second-order valence-corrected chi connectivity index (χ2v) is 5.79. The highest BCUT2D eigenvalue weighted by molar-refractivity contribution is 5.36. The van der Waals surface area contributed by atoms with Gasteiger partial charge in [0.2, 0.25) is 0 Å². The van der Waals surface area contributed by atoms with Crippen LogP contribution in [0.3, 0.4) is 0 Å². The zero-order valence-corrected chi connectivity index (χ0v) is 14.0. The number of hydrogen-bond donors (Lipinski definition) is 0. The molecule has 2 aromatic carbocycles. The first-order valence-corrected chi connectivity index (χ1v) is 7.91. The molecule has 0 bridgehead atoms. The van der Waals surface area contributed by atoms with E-state index in [4.69, 9.17) is 9.47 Å². The van der Waals surface area contributed by atoms with Crippen molar-refractivity contribution in [1.29, 1.82) is 5.26 Å². The minimum absolute atomic E-state index is 0.198. The molecule has 0 aliphatic carbocycles. The van der Waals surface area contributed by atoms with Gasteiger partial charge in [-0.15, -0.1) is 0 Å². The van der Waals surface area contributed by atoms with Crippen LogP contribution in [-0.2, 0) is 0 Å². The van der Waals surface area contributed by atoms with E-state index in [0.29, 0.717) is 18.9 Å². The highest BCUT2D eigenvalue weighted by atomic mass is 16.5. The summed E-state index contributed by atoms with van der Waals surface area (Å²) in [7, 11) is 1.63. The van der Waals surface area contributed by atoms with Gasteiger partial charge in [-0.1, -0.05) is 44.2 Å². The highest BCUT2D eigenvalue weighted by Gasteiger charge is 2.13. The van der Waals surface area contributed by atoms with Crippen LogP contribution in [0.25, 0.3) is 0 Å². The molecule has 0 aliphatic rings. The molecule has 23 heavy (non-hydrogen) atoms. The number of nitrogens with zero attached hydrogens (tertiary/aromatic N) is 1. The maximum absolute atomic E-state index is 9.44. The van der Waals surface area contributed by atoms with Crippen molar-refractivity contribution >= 4 is 0 Å². The van der Waals surface area contributed by atoms with Crippen LogP contribution >= 0.6 is 0 Å². The van der Waals surface area contributed by atoms with Crippen molar-refractivity contribution in [3.8, 4) is 17.6 Å². The molecule has 2 aromatic rings. The van der Waals surface area contributed by atoms with Crippen LogP contribution in [0, 0.1) is 11.3 Å². The summed E-state index contributed by atoms with van der Waals surface area (Å²) >= 11 is 0. The van der Waals surface area contributed by atoms with E-state index in [-0.39, 0.29) is 5.92 Å². The monoisotopic (exact) mass is 309 g/mol.